The molecule has 9 nitrogen and oxygen atoms in total. The van der Waals surface area contributed by atoms with Crippen LogP contribution in [-0.2, 0) is 39.8 Å². The number of carbonyl (C=O) groups is 3. The van der Waals surface area contributed by atoms with Crippen LogP contribution >= 0.6 is 11.6 Å². The largest absolute Gasteiger partial charge is 0.494 e. The summed E-state index contributed by atoms with van der Waals surface area (Å²) in [7, 11) is 0. The van der Waals surface area contributed by atoms with Crippen molar-refractivity contribution in [3.63, 3.8) is 0 Å². The summed E-state index contributed by atoms with van der Waals surface area (Å²) in [4.78, 5) is 35.4. The molecule has 0 aromatic heterocycles. The molecule has 1 unspecified atom stereocenters. The maximum absolute atomic E-state index is 11.9. The van der Waals surface area contributed by atoms with Crippen LogP contribution in [0.3, 0.4) is 0 Å². The summed E-state index contributed by atoms with van der Waals surface area (Å²) in [5, 5.41) is 11.1. The first kappa shape index (κ1) is 27.4. The van der Waals surface area contributed by atoms with Gasteiger partial charge in [0.2, 0.25) is 0 Å². The number of carbonyl (C=O) groups excluding carboxylic acids is 3. The van der Waals surface area contributed by atoms with Gasteiger partial charge in [0.25, 0.3) is 0 Å². The zero-order chi connectivity index (χ0) is 26.4. The molecule has 0 saturated carbocycles. The number of aliphatic hydroxyl groups excluding tert-OH is 1. The lowest BCUT2D eigenvalue weighted by molar-refractivity contribution is -0.293. The van der Waals surface area contributed by atoms with Crippen molar-refractivity contribution in [3.05, 3.63) is 64.2 Å². The molecule has 1 heterocycles. The third kappa shape index (κ3) is 6.96. The van der Waals surface area contributed by atoms with Crippen LogP contribution in [0.25, 0.3) is 0 Å². The smallest absolute Gasteiger partial charge is 0.303 e. The van der Waals surface area contributed by atoms with E-state index < -0.39 is 48.6 Å². The maximum atomic E-state index is 11.9. The van der Waals surface area contributed by atoms with E-state index in [0.29, 0.717) is 23.6 Å². The van der Waals surface area contributed by atoms with Crippen LogP contribution in [-0.4, -0.2) is 54.2 Å². The second-order valence-corrected chi connectivity index (χ2v) is 8.68. The molecule has 0 spiro atoms. The first-order valence-corrected chi connectivity index (χ1v) is 11.8. The highest BCUT2D eigenvalue weighted by molar-refractivity contribution is 6.31. The number of esters is 3. The van der Waals surface area contributed by atoms with E-state index in [1.165, 1.54) is 6.92 Å². The first-order valence-electron chi connectivity index (χ1n) is 11.4. The van der Waals surface area contributed by atoms with Crippen LogP contribution in [0.2, 0.25) is 5.02 Å². The maximum Gasteiger partial charge on any atom is 0.303 e. The predicted octanol–water partition coefficient (Wildman–Crippen LogP) is 3.51. The second-order valence-electron chi connectivity index (χ2n) is 8.27. The summed E-state index contributed by atoms with van der Waals surface area (Å²) < 4.78 is 27.2. The van der Waals surface area contributed by atoms with Gasteiger partial charge in [0.05, 0.1) is 6.61 Å². The first-order chi connectivity index (χ1) is 17.1. The monoisotopic (exact) mass is 520 g/mol. The molecule has 0 bridgehead atoms. The lowest BCUT2D eigenvalue weighted by Gasteiger charge is -2.43. The van der Waals surface area contributed by atoms with E-state index in [1.807, 2.05) is 31.2 Å². The SMILES string of the molecule is CCOc1ccc(Cc2cc([C@@H]3OC(O)[C@@H](OC(C)=O)[C@H](OC(C)=O)[C@H]3OC(C)=O)ccc2Cl)cc1. The molecule has 1 fully saturated rings. The Bertz CT molecular complexity index is 1090. The lowest BCUT2D eigenvalue weighted by atomic mass is 9.91. The van der Waals surface area contributed by atoms with E-state index in [0.717, 1.165) is 30.7 Å². The van der Waals surface area contributed by atoms with Gasteiger partial charge < -0.3 is 28.8 Å². The molecule has 0 amide bonds. The average molecular weight is 521 g/mol. The molecule has 5 atom stereocenters. The Morgan fingerprint density at radius 1 is 0.889 bits per heavy atom. The van der Waals surface area contributed by atoms with Gasteiger partial charge in [-0.1, -0.05) is 35.9 Å². The minimum Gasteiger partial charge on any atom is -0.494 e. The third-order valence-electron chi connectivity index (χ3n) is 5.45. The zero-order valence-corrected chi connectivity index (χ0v) is 21.2. The summed E-state index contributed by atoms with van der Waals surface area (Å²) in [5.41, 5.74) is 2.25. The molecule has 1 N–H and O–H groups in total. The van der Waals surface area contributed by atoms with Crippen LogP contribution < -0.4 is 4.74 Å². The van der Waals surface area contributed by atoms with Gasteiger partial charge in [-0.25, -0.2) is 0 Å². The topological polar surface area (TPSA) is 118 Å². The van der Waals surface area contributed by atoms with E-state index in [-0.39, 0.29) is 0 Å². The minimum absolute atomic E-state index is 0.482. The van der Waals surface area contributed by atoms with Crippen molar-refractivity contribution in [3.8, 4) is 5.75 Å². The molecule has 2 aromatic rings. The molecule has 3 rings (SSSR count). The Hall–Kier alpha value is -3.14. The number of hydrogen-bond acceptors (Lipinski definition) is 9. The molecule has 0 radical (unpaired) electrons. The number of benzene rings is 2. The van der Waals surface area contributed by atoms with E-state index in [4.69, 9.17) is 35.3 Å². The van der Waals surface area contributed by atoms with Gasteiger partial charge >= 0.3 is 17.9 Å². The summed E-state index contributed by atoms with van der Waals surface area (Å²) >= 11 is 6.47. The fraction of sp³-hybridized carbons (Fsp3) is 0.423. The Morgan fingerprint density at radius 2 is 1.47 bits per heavy atom. The van der Waals surface area contributed by atoms with Crippen molar-refractivity contribution >= 4 is 29.5 Å². The Kier molecular flexibility index (Phi) is 9.31. The van der Waals surface area contributed by atoms with Crippen LogP contribution in [0, 0.1) is 0 Å². The minimum atomic E-state index is -1.65. The van der Waals surface area contributed by atoms with Crippen LogP contribution in [0.1, 0.15) is 50.5 Å². The second kappa shape index (κ2) is 12.2. The normalized spacial score (nSPS) is 23.4. The third-order valence-corrected chi connectivity index (χ3v) is 5.82. The van der Waals surface area contributed by atoms with Crippen LogP contribution in [0.15, 0.2) is 42.5 Å². The molecule has 36 heavy (non-hydrogen) atoms. The Labute approximate surface area is 214 Å². The number of rotatable bonds is 8. The molecule has 1 aliphatic rings. The van der Waals surface area contributed by atoms with Gasteiger partial charge in [-0.05, 0) is 48.2 Å². The van der Waals surface area contributed by atoms with E-state index >= 15 is 0 Å². The number of hydrogen-bond donors (Lipinski definition) is 1. The summed E-state index contributed by atoms with van der Waals surface area (Å²) in [6.45, 7) is 5.96. The van der Waals surface area contributed by atoms with Crippen molar-refractivity contribution in [2.24, 2.45) is 0 Å². The molecular weight excluding hydrogens is 492 g/mol. The van der Waals surface area contributed by atoms with Gasteiger partial charge in [-0.2, -0.15) is 0 Å². The van der Waals surface area contributed by atoms with Crippen molar-refractivity contribution in [2.75, 3.05) is 6.61 Å². The molecule has 1 saturated heterocycles. The summed E-state index contributed by atoms with van der Waals surface area (Å²) in [6.07, 6.45) is -6.14. The molecule has 2 aromatic carbocycles. The molecule has 194 valence electrons. The number of aliphatic hydroxyl groups is 1. The van der Waals surface area contributed by atoms with E-state index in [1.54, 1.807) is 18.2 Å². The van der Waals surface area contributed by atoms with Crippen LogP contribution in [0.5, 0.6) is 5.75 Å². The summed E-state index contributed by atoms with van der Waals surface area (Å²) in [6, 6.07) is 12.7. The average Bonchev–Trinajstić information content (AvgIpc) is 2.80. The fourth-order valence-electron chi connectivity index (χ4n) is 4.06. The van der Waals surface area contributed by atoms with E-state index in [2.05, 4.69) is 0 Å². The van der Waals surface area contributed by atoms with Crippen molar-refractivity contribution in [2.45, 2.75) is 64.8 Å². The highest BCUT2D eigenvalue weighted by Crippen LogP contribution is 2.38. The zero-order valence-electron chi connectivity index (χ0n) is 20.4. The summed E-state index contributed by atoms with van der Waals surface area (Å²) in [5.74, 6) is -1.36. The Balaban J connectivity index is 1.96. The molecule has 1 aliphatic heterocycles. The number of ether oxygens (including phenoxy) is 5. The highest BCUT2D eigenvalue weighted by Gasteiger charge is 2.51. The van der Waals surface area contributed by atoms with Gasteiger partial charge in [-0.3, -0.25) is 14.4 Å². The molecular formula is C26H29ClO9. The van der Waals surface area contributed by atoms with Crippen LogP contribution in [0.4, 0.5) is 0 Å². The van der Waals surface area contributed by atoms with Gasteiger partial charge in [0, 0.05) is 25.8 Å². The van der Waals surface area contributed by atoms with Gasteiger partial charge in [0.15, 0.2) is 24.6 Å². The fourth-order valence-corrected chi connectivity index (χ4v) is 4.24. The quantitative estimate of drug-likeness (QED) is 0.412. The lowest BCUT2D eigenvalue weighted by Crippen LogP contribution is -2.58. The highest BCUT2D eigenvalue weighted by atomic mass is 35.5. The van der Waals surface area contributed by atoms with Crippen molar-refractivity contribution < 1.29 is 43.2 Å². The van der Waals surface area contributed by atoms with Crippen molar-refractivity contribution in [1.82, 2.24) is 0 Å². The standard InChI is InChI=1S/C26H29ClO9/c1-5-32-20-9-6-17(7-10-20)12-19-13-18(8-11-21(19)27)22-23(33-14(2)28)24(34-15(3)29)25(26(31)36-22)35-16(4)30/h6-11,13,22-26,31H,5,12H2,1-4H3/t22-,23-,24+,25-,26?/m0/s1. The van der Waals surface area contributed by atoms with Gasteiger partial charge in [0.1, 0.15) is 11.9 Å². The van der Waals surface area contributed by atoms with E-state index in [9.17, 15) is 19.5 Å². The molecule has 10 heteroatoms. The predicted molar refractivity (Wildman–Crippen MR) is 128 cm³/mol. The number of halogens is 1. The molecule has 0 aliphatic carbocycles. The van der Waals surface area contributed by atoms with Crippen molar-refractivity contribution in [1.29, 1.82) is 0 Å². The Morgan fingerprint density at radius 3 is 2.06 bits per heavy atom. The van der Waals surface area contributed by atoms with Gasteiger partial charge in [-0.15, -0.1) is 0 Å².